The van der Waals surface area contributed by atoms with Crippen LogP contribution in [0.1, 0.15) is 51.0 Å². The van der Waals surface area contributed by atoms with Crippen molar-refractivity contribution in [3.63, 3.8) is 0 Å². The van der Waals surface area contributed by atoms with Crippen molar-refractivity contribution < 1.29 is 0 Å². The van der Waals surface area contributed by atoms with E-state index in [4.69, 9.17) is 0 Å². The van der Waals surface area contributed by atoms with Crippen molar-refractivity contribution >= 4 is 11.6 Å². The fourth-order valence-corrected chi connectivity index (χ4v) is 2.83. The molecule has 4 heteroatoms. The number of hydrogen-bond donors (Lipinski definition) is 1. The van der Waals surface area contributed by atoms with E-state index >= 15 is 0 Å². The number of anilines is 2. The summed E-state index contributed by atoms with van der Waals surface area (Å²) in [6.45, 7) is 4.48. The summed E-state index contributed by atoms with van der Waals surface area (Å²) in [5.41, 5.74) is 1.29. The van der Waals surface area contributed by atoms with Gasteiger partial charge in [-0.25, -0.2) is 9.97 Å². The van der Waals surface area contributed by atoms with Gasteiger partial charge in [0.15, 0.2) is 0 Å². The van der Waals surface area contributed by atoms with E-state index in [1.807, 2.05) is 7.05 Å². The molecule has 2 rings (SSSR count). The van der Waals surface area contributed by atoms with Gasteiger partial charge in [-0.1, -0.05) is 32.6 Å². The summed E-state index contributed by atoms with van der Waals surface area (Å²) in [5.74, 6) is 2.15. The zero-order chi connectivity index (χ0) is 13.5. The van der Waals surface area contributed by atoms with E-state index in [0.717, 1.165) is 37.6 Å². The van der Waals surface area contributed by atoms with Crippen LogP contribution in [0.4, 0.5) is 11.6 Å². The molecule has 0 amide bonds. The monoisotopic (exact) mass is 262 g/mol. The minimum atomic E-state index is 0.994. The second-order valence-electron chi connectivity index (χ2n) is 5.28. The van der Waals surface area contributed by atoms with E-state index in [0.29, 0.717) is 0 Å². The van der Waals surface area contributed by atoms with Gasteiger partial charge in [-0.2, -0.15) is 0 Å². The summed E-state index contributed by atoms with van der Waals surface area (Å²) in [5, 5.41) is 3.21. The molecule has 1 aromatic heterocycles. The van der Waals surface area contributed by atoms with Gasteiger partial charge in [0.1, 0.15) is 18.0 Å². The Balaban J connectivity index is 2.25. The standard InChI is InChI=1S/C15H26N4/c1-3-9-13-14(16-2)17-12-18-15(13)19-10-7-5-4-6-8-11-19/h12H,3-11H2,1-2H3,(H,16,17,18). The minimum Gasteiger partial charge on any atom is -0.373 e. The van der Waals surface area contributed by atoms with Gasteiger partial charge in [-0.05, 0) is 19.3 Å². The maximum absolute atomic E-state index is 4.58. The molecule has 1 aliphatic heterocycles. The molecule has 0 atom stereocenters. The van der Waals surface area contributed by atoms with E-state index in [2.05, 4.69) is 27.1 Å². The Morgan fingerprint density at radius 2 is 1.79 bits per heavy atom. The van der Waals surface area contributed by atoms with Gasteiger partial charge in [0.25, 0.3) is 0 Å². The lowest BCUT2D eigenvalue weighted by Crippen LogP contribution is -2.29. The molecule has 0 bridgehead atoms. The summed E-state index contributed by atoms with van der Waals surface area (Å²) >= 11 is 0. The predicted octanol–water partition coefficient (Wildman–Crippen LogP) is 3.24. The molecule has 1 saturated heterocycles. The number of rotatable bonds is 4. The highest BCUT2D eigenvalue weighted by atomic mass is 15.2. The van der Waals surface area contributed by atoms with Crippen molar-refractivity contribution in [2.24, 2.45) is 0 Å². The maximum atomic E-state index is 4.58. The molecule has 1 aromatic rings. The molecule has 2 heterocycles. The molecule has 19 heavy (non-hydrogen) atoms. The van der Waals surface area contributed by atoms with Crippen molar-refractivity contribution in [2.75, 3.05) is 30.4 Å². The molecular weight excluding hydrogens is 236 g/mol. The zero-order valence-corrected chi connectivity index (χ0v) is 12.3. The van der Waals surface area contributed by atoms with Gasteiger partial charge < -0.3 is 10.2 Å². The zero-order valence-electron chi connectivity index (χ0n) is 12.3. The molecule has 0 unspecified atom stereocenters. The first-order valence-electron chi connectivity index (χ1n) is 7.63. The summed E-state index contributed by atoms with van der Waals surface area (Å²) < 4.78 is 0. The highest BCUT2D eigenvalue weighted by molar-refractivity contribution is 5.58. The van der Waals surface area contributed by atoms with E-state index in [1.54, 1.807) is 6.33 Å². The summed E-state index contributed by atoms with van der Waals surface area (Å²) in [6, 6.07) is 0. The Kier molecular flexibility index (Phi) is 5.43. The van der Waals surface area contributed by atoms with Crippen LogP contribution in [0, 0.1) is 0 Å². The van der Waals surface area contributed by atoms with Gasteiger partial charge in [0.2, 0.25) is 0 Å². The van der Waals surface area contributed by atoms with Crippen LogP contribution >= 0.6 is 0 Å². The molecule has 1 fully saturated rings. The van der Waals surface area contributed by atoms with E-state index < -0.39 is 0 Å². The molecule has 1 aliphatic rings. The molecule has 0 spiro atoms. The first-order chi connectivity index (χ1) is 9.36. The number of nitrogens with one attached hydrogen (secondary N) is 1. The van der Waals surface area contributed by atoms with Crippen LogP contribution in [-0.2, 0) is 6.42 Å². The molecule has 4 nitrogen and oxygen atoms in total. The summed E-state index contributed by atoms with van der Waals surface area (Å²) in [7, 11) is 1.94. The molecule has 1 N–H and O–H groups in total. The third-order valence-electron chi connectivity index (χ3n) is 3.82. The molecule has 0 aliphatic carbocycles. The second kappa shape index (κ2) is 7.31. The summed E-state index contributed by atoms with van der Waals surface area (Å²) in [4.78, 5) is 11.4. The van der Waals surface area contributed by atoms with Crippen LogP contribution < -0.4 is 10.2 Å². The third-order valence-corrected chi connectivity index (χ3v) is 3.82. The lowest BCUT2D eigenvalue weighted by molar-refractivity contribution is 0.552. The van der Waals surface area contributed by atoms with E-state index in [-0.39, 0.29) is 0 Å². The van der Waals surface area contributed by atoms with E-state index in [9.17, 15) is 0 Å². The van der Waals surface area contributed by atoms with Gasteiger partial charge >= 0.3 is 0 Å². The SMILES string of the molecule is CCCc1c(NC)ncnc1N1CCCCCCC1. The molecular formula is C15H26N4. The first kappa shape index (κ1) is 14.1. The van der Waals surface area contributed by atoms with Gasteiger partial charge in [-0.15, -0.1) is 0 Å². The fraction of sp³-hybridized carbons (Fsp3) is 0.733. The van der Waals surface area contributed by atoms with Crippen molar-refractivity contribution in [1.82, 2.24) is 9.97 Å². The fourth-order valence-electron chi connectivity index (χ4n) is 2.83. The number of nitrogens with zero attached hydrogens (tertiary/aromatic N) is 3. The molecule has 0 radical (unpaired) electrons. The Bertz CT molecular complexity index is 384. The van der Waals surface area contributed by atoms with Crippen molar-refractivity contribution in [2.45, 2.75) is 51.9 Å². The normalized spacial score (nSPS) is 16.8. The topological polar surface area (TPSA) is 41.1 Å². The second-order valence-corrected chi connectivity index (χ2v) is 5.28. The van der Waals surface area contributed by atoms with Crippen LogP contribution in [-0.4, -0.2) is 30.1 Å². The smallest absolute Gasteiger partial charge is 0.137 e. The average molecular weight is 262 g/mol. The Morgan fingerprint density at radius 3 is 2.42 bits per heavy atom. The van der Waals surface area contributed by atoms with E-state index in [1.165, 1.54) is 37.7 Å². The largest absolute Gasteiger partial charge is 0.373 e. The lowest BCUT2D eigenvalue weighted by Gasteiger charge is -2.28. The van der Waals surface area contributed by atoms with Crippen LogP contribution in [0.15, 0.2) is 6.33 Å². The third kappa shape index (κ3) is 3.58. The summed E-state index contributed by atoms with van der Waals surface area (Å²) in [6.07, 6.45) is 10.5. The number of aromatic nitrogens is 2. The quantitative estimate of drug-likeness (QED) is 0.904. The van der Waals surface area contributed by atoms with Crippen molar-refractivity contribution in [3.05, 3.63) is 11.9 Å². The lowest BCUT2D eigenvalue weighted by atomic mass is 10.1. The first-order valence-corrected chi connectivity index (χ1v) is 7.63. The van der Waals surface area contributed by atoms with Gasteiger partial charge in [0.05, 0.1) is 0 Å². The molecule has 106 valence electrons. The number of hydrogen-bond acceptors (Lipinski definition) is 4. The average Bonchev–Trinajstić information content (AvgIpc) is 2.39. The highest BCUT2D eigenvalue weighted by Gasteiger charge is 2.16. The van der Waals surface area contributed by atoms with Gasteiger partial charge in [0, 0.05) is 25.7 Å². The van der Waals surface area contributed by atoms with Crippen LogP contribution in [0.25, 0.3) is 0 Å². The molecule has 0 saturated carbocycles. The van der Waals surface area contributed by atoms with Gasteiger partial charge in [-0.3, -0.25) is 0 Å². The Morgan fingerprint density at radius 1 is 1.11 bits per heavy atom. The molecule has 0 aromatic carbocycles. The van der Waals surface area contributed by atoms with Crippen LogP contribution in [0.5, 0.6) is 0 Å². The Hall–Kier alpha value is -1.32. The maximum Gasteiger partial charge on any atom is 0.137 e. The van der Waals surface area contributed by atoms with Crippen molar-refractivity contribution in [1.29, 1.82) is 0 Å². The predicted molar refractivity (Wildman–Crippen MR) is 80.9 cm³/mol. The minimum absolute atomic E-state index is 0.994. The van der Waals surface area contributed by atoms with Crippen LogP contribution in [0.3, 0.4) is 0 Å². The van der Waals surface area contributed by atoms with Crippen LogP contribution in [0.2, 0.25) is 0 Å². The highest BCUT2D eigenvalue weighted by Crippen LogP contribution is 2.26. The van der Waals surface area contributed by atoms with Crippen molar-refractivity contribution in [3.8, 4) is 0 Å². The Labute approximate surface area is 116 Å².